The SMILES string of the molecule is CCOC(=O)Nc1ccc2c(COC(=O)c3cc4cc(C)ccc4nc3C)cc(=O)oc2c1. The first-order valence-corrected chi connectivity index (χ1v) is 10.4. The Balaban J connectivity index is 1.58. The summed E-state index contributed by atoms with van der Waals surface area (Å²) in [7, 11) is 0. The van der Waals surface area contributed by atoms with Crippen molar-refractivity contribution in [2.45, 2.75) is 27.4 Å². The van der Waals surface area contributed by atoms with Gasteiger partial charge in [0, 0.05) is 34.2 Å². The van der Waals surface area contributed by atoms with Crippen LogP contribution in [0.3, 0.4) is 0 Å². The minimum atomic E-state index is -0.612. The Kier molecular flexibility index (Phi) is 6.08. The van der Waals surface area contributed by atoms with Gasteiger partial charge in [-0.1, -0.05) is 11.6 Å². The summed E-state index contributed by atoms with van der Waals surface area (Å²) in [4.78, 5) is 41.0. The van der Waals surface area contributed by atoms with Gasteiger partial charge in [0.25, 0.3) is 0 Å². The van der Waals surface area contributed by atoms with Gasteiger partial charge in [-0.05, 0) is 51.1 Å². The molecular formula is C25H22N2O6. The van der Waals surface area contributed by atoms with E-state index in [1.165, 1.54) is 12.1 Å². The van der Waals surface area contributed by atoms with Crippen molar-refractivity contribution in [1.82, 2.24) is 4.98 Å². The van der Waals surface area contributed by atoms with Crippen LogP contribution in [-0.2, 0) is 16.1 Å². The smallest absolute Gasteiger partial charge is 0.411 e. The molecule has 4 aromatic rings. The van der Waals surface area contributed by atoms with Crippen molar-refractivity contribution in [2.75, 3.05) is 11.9 Å². The molecule has 0 fully saturated rings. The predicted molar refractivity (Wildman–Crippen MR) is 123 cm³/mol. The van der Waals surface area contributed by atoms with Gasteiger partial charge in [-0.15, -0.1) is 0 Å². The van der Waals surface area contributed by atoms with E-state index in [2.05, 4.69) is 10.3 Å². The van der Waals surface area contributed by atoms with E-state index in [-0.39, 0.29) is 18.8 Å². The summed E-state index contributed by atoms with van der Waals surface area (Å²) in [5, 5.41) is 3.99. The predicted octanol–water partition coefficient (Wildman–Crippen LogP) is 4.88. The van der Waals surface area contributed by atoms with Crippen molar-refractivity contribution in [3.8, 4) is 0 Å². The summed E-state index contributed by atoms with van der Waals surface area (Å²) < 4.78 is 15.6. The summed E-state index contributed by atoms with van der Waals surface area (Å²) >= 11 is 0. The molecule has 0 spiro atoms. The quantitative estimate of drug-likeness (QED) is 0.344. The molecule has 0 aliphatic heterocycles. The summed E-state index contributed by atoms with van der Waals surface area (Å²) in [6, 6.07) is 13.7. The van der Waals surface area contributed by atoms with Crippen LogP contribution in [0.2, 0.25) is 0 Å². The molecule has 33 heavy (non-hydrogen) atoms. The van der Waals surface area contributed by atoms with Gasteiger partial charge in [0.15, 0.2) is 0 Å². The zero-order valence-corrected chi connectivity index (χ0v) is 18.4. The highest BCUT2D eigenvalue weighted by atomic mass is 16.5. The molecule has 8 heteroatoms. The molecule has 0 unspecified atom stereocenters. The maximum absolute atomic E-state index is 12.8. The molecule has 0 aliphatic rings. The number of hydrogen-bond acceptors (Lipinski definition) is 7. The molecule has 0 saturated heterocycles. The summed E-state index contributed by atoms with van der Waals surface area (Å²) in [5.74, 6) is -0.537. The first-order valence-electron chi connectivity index (χ1n) is 10.4. The second-order valence-electron chi connectivity index (χ2n) is 7.54. The highest BCUT2D eigenvalue weighted by Crippen LogP contribution is 2.23. The summed E-state index contributed by atoms with van der Waals surface area (Å²) in [6.45, 7) is 5.52. The lowest BCUT2D eigenvalue weighted by Gasteiger charge is -2.11. The molecular weight excluding hydrogens is 424 g/mol. The lowest BCUT2D eigenvalue weighted by atomic mass is 10.1. The average Bonchev–Trinajstić information content (AvgIpc) is 2.76. The number of esters is 1. The number of carbonyl (C=O) groups excluding carboxylic acids is 2. The Morgan fingerprint density at radius 2 is 1.85 bits per heavy atom. The van der Waals surface area contributed by atoms with Crippen LogP contribution in [0.1, 0.15) is 34.1 Å². The molecule has 1 amide bonds. The van der Waals surface area contributed by atoms with Gasteiger partial charge in [-0.25, -0.2) is 14.4 Å². The van der Waals surface area contributed by atoms with E-state index >= 15 is 0 Å². The van der Waals surface area contributed by atoms with Crippen molar-refractivity contribution in [2.24, 2.45) is 0 Å². The third-order valence-corrected chi connectivity index (χ3v) is 5.09. The fourth-order valence-corrected chi connectivity index (χ4v) is 3.53. The summed E-state index contributed by atoms with van der Waals surface area (Å²) in [6.07, 6.45) is -0.612. The van der Waals surface area contributed by atoms with Gasteiger partial charge in [-0.2, -0.15) is 0 Å². The Morgan fingerprint density at radius 3 is 2.64 bits per heavy atom. The van der Waals surface area contributed by atoms with Crippen molar-refractivity contribution < 1.29 is 23.5 Å². The molecule has 0 bridgehead atoms. The van der Waals surface area contributed by atoms with Crippen LogP contribution < -0.4 is 10.9 Å². The van der Waals surface area contributed by atoms with Gasteiger partial charge >= 0.3 is 17.7 Å². The number of nitrogens with zero attached hydrogens (tertiary/aromatic N) is 1. The normalized spacial score (nSPS) is 10.9. The zero-order valence-electron chi connectivity index (χ0n) is 18.4. The lowest BCUT2D eigenvalue weighted by Crippen LogP contribution is -2.13. The van der Waals surface area contributed by atoms with E-state index in [9.17, 15) is 14.4 Å². The second-order valence-corrected chi connectivity index (χ2v) is 7.54. The number of hydrogen-bond donors (Lipinski definition) is 1. The number of benzene rings is 2. The third-order valence-electron chi connectivity index (χ3n) is 5.09. The van der Waals surface area contributed by atoms with Gasteiger partial charge in [0.05, 0.1) is 23.4 Å². The summed E-state index contributed by atoms with van der Waals surface area (Å²) in [5.41, 5.74) is 3.33. The molecule has 0 atom stereocenters. The van der Waals surface area contributed by atoms with E-state index < -0.39 is 17.7 Å². The number of carbonyl (C=O) groups is 2. The largest absolute Gasteiger partial charge is 0.457 e. The van der Waals surface area contributed by atoms with Crippen LogP contribution in [0.15, 0.2) is 57.7 Å². The highest BCUT2D eigenvalue weighted by molar-refractivity contribution is 5.95. The van der Waals surface area contributed by atoms with Crippen molar-refractivity contribution in [1.29, 1.82) is 0 Å². The Labute approximate surface area is 189 Å². The van der Waals surface area contributed by atoms with Gasteiger partial charge in [-0.3, -0.25) is 10.3 Å². The minimum Gasteiger partial charge on any atom is -0.457 e. The molecule has 2 aromatic heterocycles. The van der Waals surface area contributed by atoms with Crippen LogP contribution >= 0.6 is 0 Å². The molecule has 0 radical (unpaired) electrons. The zero-order chi connectivity index (χ0) is 23.5. The van der Waals surface area contributed by atoms with E-state index in [1.54, 1.807) is 32.0 Å². The number of amides is 1. The van der Waals surface area contributed by atoms with E-state index in [4.69, 9.17) is 13.9 Å². The number of nitrogens with one attached hydrogen (secondary N) is 1. The van der Waals surface area contributed by atoms with Crippen molar-refractivity contribution in [3.63, 3.8) is 0 Å². The van der Waals surface area contributed by atoms with Crippen molar-refractivity contribution >= 4 is 39.6 Å². The molecule has 8 nitrogen and oxygen atoms in total. The van der Waals surface area contributed by atoms with Gasteiger partial charge in [0.2, 0.25) is 0 Å². The first kappa shape index (κ1) is 22.0. The standard InChI is InChI=1S/C25H22N2O6/c1-4-31-25(30)27-18-6-7-19-17(11-23(28)33-22(19)12-18)13-32-24(29)20-10-16-9-14(2)5-8-21(16)26-15(20)3/h5-12H,4,13H2,1-3H3,(H,27,30). The molecule has 2 aromatic carbocycles. The number of fused-ring (bicyclic) bond motifs is 2. The van der Waals surface area contributed by atoms with E-state index in [1.807, 2.05) is 25.1 Å². The number of anilines is 1. The molecule has 2 heterocycles. The van der Waals surface area contributed by atoms with Crippen LogP contribution in [0.5, 0.6) is 0 Å². The van der Waals surface area contributed by atoms with Crippen LogP contribution in [0, 0.1) is 13.8 Å². The molecule has 4 rings (SSSR count). The number of pyridine rings is 1. The molecule has 0 saturated carbocycles. The molecule has 168 valence electrons. The fraction of sp³-hybridized carbons (Fsp3) is 0.200. The Hall–Kier alpha value is -4.20. The van der Waals surface area contributed by atoms with Crippen LogP contribution in [0.25, 0.3) is 21.9 Å². The Bertz CT molecular complexity index is 1440. The number of aryl methyl sites for hydroxylation is 2. The third kappa shape index (κ3) is 4.85. The second kappa shape index (κ2) is 9.12. The topological polar surface area (TPSA) is 108 Å². The number of ether oxygens (including phenoxy) is 2. The monoisotopic (exact) mass is 446 g/mol. The van der Waals surface area contributed by atoms with Crippen molar-refractivity contribution in [3.05, 3.63) is 81.3 Å². The minimum absolute atomic E-state index is 0.128. The molecule has 1 N–H and O–H groups in total. The number of rotatable bonds is 5. The lowest BCUT2D eigenvalue weighted by molar-refractivity contribution is 0.0472. The average molecular weight is 446 g/mol. The molecule has 0 aliphatic carbocycles. The first-order chi connectivity index (χ1) is 15.8. The highest BCUT2D eigenvalue weighted by Gasteiger charge is 2.15. The fourth-order valence-electron chi connectivity index (χ4n) is 3.53. The number of aromatic nitrogens is 1. The van der Waals surface area contributed by atoms with E-state index in [0.717, 1.165) is 16.5 Å². The van der Waals surface area contributed by atoms with Gasteiger partial charge < -0.3 is 13.9 Å². The maximum atomic E-state index is 12.8. The Morgan fingerprint density at radius 1 is 1.03 bits per heavy atom. The van der Waals surface area contributed by atoms with Crippen LogP contribution in [0.4, 0.5) is 10.5 Å². The maximum Gasteiger partial charge on any atom is 0.411 e. The van der Waals surface area contributed by atoms with Gasteiger partial charge in [0.1, 0.15) is 12.2 Å². The van der Waals surface area contributed by atoms with Crippen LogP contribution in [-0.4, -0.2) is 23.7 Å². The van der Waals surface area contributed by atoms with E-state index in [0.29, 0.717) is 27.9 Å².